The maximum atomic E-state index is 8.49. The van der Waals surface area contributed by atoms with E-state index in [0.29, 0.717) is 11.4 Å². The van der Waals surface area contributed by atoms with Crippen LogP contribution in [0.3, 0.4) is 0 Å². The summed E-state index contributed by atoms with van der Waals surface area (Å²) in [5.74, 6) is 0.515. The van der Waals surface area contributed by atoms with Crippen LogP contribution in [-0.4, -0.2) is 46.2 Å². The van der Waals surface area contributed by atoms with Gasteiger partial charge in [0, 0.05) is 12.4 Å². The van der Waals surface area contributed by atoms with Crippen molar-refractivity contribution in [3.63, 3.8) is 0 Å². The number of alkyl halides is 2. The van der Waals surface area contributed by atoms with Gasteiger partial charge in [0.1, 0.15) is 107 Å². The number of rotatable bonds is 20. The molecular formula is C115H100Cl3Cu3N10O4P6+6. The van der Waals surface area contributed by atoms with Crippen LogP contribution >= 0.6 is 70.7 Å². The Bertz CT molecular complexity index is 5270. The first-order valence-electron chi connectivity index (χ1n) is 44.2. The van der Waals surface area contributed by atoms with E-state index in [1.54, 1.807) is 0 Å². The first kappa shape index (κ1) is 111. The summed E-state index contributed by atoms with van der Waals surface area (Å²) in [6, 6.07) is 195. The SMILES string of the molecule is ClCCl.[Cu+].[Cu+].[Cu+].[O-][Cl+3]([O-])([O-])[O-].c1ccc([PH+](c2ccccc2)c2ccccc2)cc1.c1ccc([PH+](c2ccccc2)c2ccccc2)cc1.c1ccc([PH+](c2ccccc2)c2ccccc2)cc1.c1ccc([PH+](c2ccccc2)c2ccccc2)cc1.c1ccc([PH+](c2ccccc2)c2ccccc2)cc1.c1ccc([PH+](c2ccccc2)c2ccccc2)cc1.c1cnc(-c2nnn[n-]2)c(-c2nn[n-]n2)n1. The number of hydrogen-bond donors (Lipinski definition) is 0. The van der Waals surface area contributed by atoms with Crippen LogP contribution in [0.15, 0.2) is 558 Å². The predicted molar refractivity (Wildman–Crippen MR) is 582 cm³/mol. The van der Waals surface area contributed by atoms with Gasteiger partial charge in [-0.05, 0) is 218 Å². The largest absolute Gasteiger partial charge is 1.00 e. The van der Waals surface area contributed by atoms with E-state index < -0.39 is 57.8 Å². The minimum atomic E-state index is -4.94. The van der Waals surface area contributed by atoms with Crippen LogP contribution in [0.1, 0.15) is 0 Å². The summed E-state index contributed by atoms with van der Waals surface area (Å²) in [5.41, 5.74) is 0.782. The fourth-order valence-electron chi connectivity index (χ4n) is 15.0. The van der Waals surface area contributed by atoms with Crippen LogP contribution < -0.4 is 124 Å². The van der Waals surface area contributed by atoms with Crippen molar-refractivity contribution in [2.24, 2.45) is 0 Å². The third-order valence-corrected chi connectivity index (χ3v) is 37.3. The molecule has 141 heavy (non-hydrogen) atoms. The molecule has 0 aliphatic heterocycles. The summed E-state index contributed by atoms with van der Waals surface area (Å²) in [5, 5.41) is 54.2. The molecule has 0 spiro atoms. The van der Waals surface area contributed by atoms with Gasteiger partial charge in [0.15, 0.2) is 0 Å². The molecule has 0 aliphatic carbocycles. The van der Waals surface area contributed by atoms with Crippen molar-refractivity contribution in [2.75, 3.05) is 5.34 Å². The molecule has 0 saturated carbocycles. The van der Waals surface area contributed by atoms with Crippen LogP contribution in [-0.2, 0) is 51.2 Å². The zero-order valence-corrected chi connectivity index (χ0v) is 87.1. The normalized spacial score (nSPS) is 10.3. The maximum Gasteiger partial charge on any atom is 1.00 e. The quantitative estimate of drug-likeness (QED) is 0.0393. The van der Waals surface area contributed by atoms with Crippen molar-refractivity contribution in [1.29, 1.82) is 0 Å². The van der Waals surface area contributed by atoms with E-state index in [2.05, 4.69) is 597 Å². The van der Waals surface area contributed by atoms with Crippen molar-refractivity contribution in [2.45, 2.75) is 0 Å². The van der Waals surface area contributed by atoms with Crippen LogP contribution in [0.2, 0.25) is 0 Å². The smallest absolute Gasteiger partial charge is 0.329 e. The van der Waals surface area contributed by atoms with Gasteiger partial charge in [-0.1, -0.05) is 328 Å². The van der Waals surface area contributed by atoms with Gasteiger partial charge in [0.25, 0.3) is 0 Å². The van der Waals surface area contributed by atoms with E-state index in [-0.39, 0.29) is 68.2 Å². The zero-order valence-electron chi connectivity index (χ0n) is 76.0. The second-order valence-corrected chi connectivity index (χ2v) is 46.4. The molecule has 26 heteroatoms. The van der Waals surface area contributed by atoms with Crippen LogP contribution in [0, 0.1) is 10.2 Å². The molecule has 21 rings (SSSR count). The minimum Gasteiger partial charge on any atom is -0.329 e. The van der Waals surface area contributed by atoms with Crippen molar-refractivity contribution in [3.8, 4) is 23.0 Å². The molecule has 0 saturated heterocycles. The van der Waals surface area contributed by atoms with Crippen LogP contribution in [0.5, 0.6) is 0 Å². The van der Waals surface area contributed by atoms with Gasteiger partial charge in [-0.2, -0.15) is 5.21 Å². The molecule has 3 heterocycles. The third-order valence-electron chi connectivity index (χ3n) is 20.9. The Morgan fingerprint density at radius 3 is 0.454 bits per heavy atom. The van der Waals surface area contributed by atoms with Gasteiger partial charge in [-0.15, -0.1) is 33.4 Å². The zero-order chi connectivity index (χ0) is 95.5. The van der Waals surface area contributed by atoms with Crippen molar-refractivity contribution in [1.82, 2.24) is 51.2 Å². The first-order valence-corrected chi connectivity index (χ1v) is 55.5. The van der Waals surface area contributed by atoms with Gasteiger partial charge < -0.3 is 10.2 Å². The summed E-state index contributed by atoms with van der Waals surface area (Å²) in [4.78, 5) is 8.15. The average molecular weight is 2170 g/mol. The molecule has 0 fully saturated rings. The molecule has 712 valence electrons. The van der Waals surface area contributed by atoms with E-state index in [9.17, 15) is 0 Å². The Morgan fingerprint density at radius 1 is 0.206 bits per heavy atom. The van der Waals surface area contributed by atoms with Crippen molar-refractivity contribution >= 4 is 166 Å². The number of hydrogen-bond acceptors (Lipinski definition) is 12. The topological polar surface area (TPSA) is 224 Å². The second kappa shape index (κ2) is 63.0. The Morgan fingerprint density at radius 2 is 0.340 bits per heavy atom. The summed E-state index contributed by atoms with van der Waals surface area (Å²) in [7, 11) is -10.2. The molecule has 0 radical (unpaired) electrons. The number of tetrazole rings is 2. The Kier molecular flexibility index (Phi) is 49.6. The second-order valence-electron chi connectivity index (χ2n) is 30.0. The van der Waals surface area contributed by atoms with E-state index in [1.807, 2.05) is 0 Å². The van der Waals surface area contributed by atoms with E-state index in [4.69, 9.17) is 41.8 Å². The van der Waals surface area contributed by atoms with Crippen LogP contribution in [0.4, 0.5) is 0 Å². The minimum absolute atomic E-state index is 0. The van der Waals surface area contributed by atoms with E-state index in [1.165, 1.54) is 108 Å². The molecule has 21 aromatic rings. The van der Waals surface area contributed by atoms with Crippen molar-refractivity contribution in [3.05, 3.63) is 558 Å². The number of halogens is 3. The van der Waals surface area contributed by atoms with Gasteiger partial charge in [-0.3, -0.25) is 30.7 Å². The fraction of sp³-hybridized carbons (Fsp3) is 0.00870. The molecule has 14 nitrogen and oxygen atoms in total. The molecule has 3 aromatic heterocycles. The Balaban J connectivity index is 0.000000166. The average Bonchev–Trinajstić information content (AvgIpc) is 1.16. The predicted octanol–water partition coefficient (Wildman–Crippen LogP) is 13.8. The molecule has 0 aliphatic rings. The third kappa shape index (κ3) is 36.2. The Labute approximate surface area is 876 Å². The molecule has 0 N–H and O–H groups in total. The van der Waals surface area contributed by atoms with Gasteiger partial charge >= 0.3 is 51.2 Å². The summed E-state index contributed by atoms with van der Waals surface area (Å²) < 4.78 is 34.0. The number of benzene rings is 18. The molecule has 18 aromatic carbocycles. The van der Waals surface area contributed by atoms with Gasteiger partial charge in [0.2, 0.25) is 0 Å². The van der Waals surface area contributed by atoms with Gasteiger partial charge in [-0.25, -0.2) is 23.7 Å². The van der Waals surface area contributed by atoms with Crippen molar-refractivity contribution < 1.29 is 80.1 Å². The molecule has 0 bridgehead atoms. The Hall–Kier alpha value is -12.0. The number of nitrogens with zero attached hydrogens (tertiary/aromatic N) is 10. The van der Waals surface area contributed by atoms with E-state index >= 15 is 0 Å². The summed E-state index contributed by atoms with van der Waals surface area (Å²) >= 11 is 9.53. The molecule has 0 unspecified atom stereocenters. The standard InChI is InChI=1S/6C18H15P.C6H2N10.CH2Cl2.ClHO4.3Cu/c6*1-4-10-16(11-5-1)19(17-12-6-2-7-13-17)18-14-8-3-9-15-18;1-2-8-4(6-11-15-16-12-6)3(7-1)5-9-13-14-10-5;2-1-3;2-1(3,4)5;;;/h6*1-15H;1-2H;1H2;(H,2,3,4,5);;;/q;;;;;;-2;;;3*+1/p+5. The fourth-order valence-corrected chi connectivity index (χ4v) is 30.5. The molecular weight excluding hydrogens is 2070 g/mol. The van der Waals surface area contributed by atoms with E-state index in [0.717, 1.165) is 0 Å². The number of aromatic nitrogens is 10. The van der Waals surface area contributed by atoms with Crippen LogP contribution in [0.25, 0.3) is 23.0 Å². The summed E-state index contributed by atoms with van der Waals surface area (Å²) in [6.07, 6.45) is 3.00. The monoisotopic (exact) mass is 2160 g/mol. The first-order chi connectivity index (χ1) is 68.1. The van der Waals surface area contributed by atoms with Gasteiger partial charge in [0.05, 0.1) is 64.5 Å². The maximum absolute atomic E-state index is 8.49. The summed E-state index contributed by atoms with van der Waals surface area (Å²) in [6.45, 7) is 0. The molecule has 0 amide bonds. The molecule has 0 atom stereocenters.